The average molecular weight is 265 g/mol. The molecular formula is C16H27NS. The molecule has 1 aliphatic rings. The van der Waals surface area contributed by atoms with E-state index < -0.39 is 0 Å². The maximum absolute atomic E-state index is 3.85. The fraction of sp³-hybridized carbons (Fsp3) is 0.750. The topological polar surface area (TPSA) is 12.0 Å². The van der Waals surface area contributed by atoms with Gasteiger partial charge in [0, 0.05) is 17.0 Å². The van der Waals surface area contributed by atoms with Gasteiger partial charge in [0.2, 0.25) is 0 Å². The summed E-state index contributed by atoms with van der Waals surface area (Å²) in [5.41, 5.74) is 0. The van der Waals surface area contributed by atoms with Crippen LogP contribution in [0, 0.1) is 11.8 Å². The van der Waals surface area contributed by atoms with Crippen molar-refractivity contribution < 1.29 is 0 Å². The SMILES string of the molecule is CC(Cc1cccs1)NC1CCCC(C(C)C)C1. The summed E-state index contributed by atoms with van der Waals surface area (Å²) in [6.45, 7) is 7.09. The van der Waals surface area contributed by atoms with E-state index in [-0.39, 0.29) is 0 Å². The minimum Gasteiger partial charge on any atom is -0.311 e. The summed E-state index contributed by atoms with van der Waals surface area (Å²) in [7, 11) is 0. The Labute approximate surface area is 116 Å². The van der Waals surface area contributed by atoms with Gasteiger partial charge in [0.15, 0.2) is 0 Å². The minimum absolute atomic E-state index is 0.611. The van der Waals surface area contributed by atoms with E-state index in [0.29, 0.717) is 6.04 Å². The lowest BCUT2D eigenvalue weighted by molar-refractivity contribution is 0.222. The Bertz CT molecular complexity index is 331. The molecule has 0 amide bonds. The summed E-state index contributed by atoms with van der Waals surface area (Å²) in [6.07, 6.45) is 6.78. The lowest BCUT2D eigenvalue weighted by Crippen LogP contribution is -2.41. The Morgan fingerprint density at radius 3 is 2.83 bits per heavy atom. The van der Waals surface area contributed by atoms with Crippen molar-refractivity contribution in [2.75, 3.05) is 0 Å². The first-order chi connectivity index (χ1) is 8.65. The first-order valence-electron chi connectivity index (χ1n) is 7.43. The highest BCUT2D eigenvalue weighted by Gasteiger charge is 2.24. The molecule has 1 nitrogen and oxygen atoms in total. The molecule has 1 aromatic rings. The van der Waals surface area contributed by atoms with Crippen molar-refractivity contribution in [3.63, 3.8) is 0 Å². The monoisotopic (exact) mass is 265 g/mol. The van der Waals surface area contributed by atoms with Gasteiger partial charge in [0.25, 0.3) is 0 Å². The van der Waals surface area contributed by atoms with Gasteiger partial charge in [-0.25, -0.2) is 0 Å². The fourth-order valence-electron chi connectivity index (χ4n) is 3.18. The Morgan fingerprint density at radius 2 is 2.17 bits per heavy atom. The number of nitrogens with one attached hydrogen (secondary N) is 1. The van der Waals surface area contributed by atoms with Crippen LogP contribution in [0.15, 0.2) is 17.5 Å². The predicted molar refractivity (Wildman–Crippen MR) is 81.2 cm³/mol. The summed E-state index contributed by atoms with van der Waals surface area (Å²) in [5.74, 6) is 1.78. The molecule has 0 spiro atoms. The molecule has 1 N–H and O–H groups in total. The van der Waals surface area contributed by atoms with Crippen molar-refractivity contribution in [1.82, 2.24) is 5.32 Å². The van der Waals surface area contributed by atoms with Gasteiger partial charge in [0.1, 0.15) is 0 Å². The molecule has 0 bridgehead atoms. The van der Waals surface area contributed by atoms with E-state index in [4.69, 9.17) is 0 Å². The highest BCUT2D eigenvalue weighted by molar-refractivity contribution is 7.09. The van der Waals surface area contributed by atoms with Gasteiger partial charge < -0.3 is 5.32 Å². The number of thiophene rings is 1. The average Bonchev–Trinajstić information content (AvgIpc) is 2.82. The van der Waals surface area contributed by atoms with Crippen molar-refractivity contribution in [1.29, 1.82) is 0 Å². The van der Waals surface area contributed by atoms with Gasteiger partial charge in [-0.3, -0.25) is 0 Å². The molecule has 18 heavy (non-hydrogen) atoms. The van der Waals surface area contributed by atoms with E-state index in [9.17, 15) is 0 Å². The van der Waals surface area contributed by atoms with Crippen molar-refractivity contribution in [3.8, 4) is 0 Å². The molecule has 0 radical (unpaired) electrons. The van der Waals surface area contributed by atoms with Gasteiger partial charge >= 0.3 is 0 Å². The Kier molecular flexibility index (Phi) is 5.25. The van der Waals surface area contributed by atoms with Crippen LogP contribution in [0.4, 0.5) is 0 Å². The summed E-state index contributed by atoms with van der Waals surface area (Å²) < 4.78 is 0. The number of hydrogen-bond donors (Lipinski definition) is 1. The molecule has 3 unspecified atom stereocenters. The third kappa shape index (κ3) is 4.10. The molecule has 2 heteroatoms. The maximum Gasteiger partial charge on any atom is 0.00896 e. The van der Waals surface area contributed by atoms with Crippen molar-refractivity contribution in [2.45, 2.75) is 65.0 Å². The molecule has 1 aromatic heterocycles. The molecule has 0 saturated heterocycles. The number of rotatable bonds is 5. The summed E-state index contributed by atoms with van der Waals surface area (Å²) >= 11 is 1.88. The quantitative estimate of drug-likeness (QED) is 0.827. The fourth-order valence-corrected chi connectivity index (χ4v) is 4.01. The molecule has 1 aliphatic carbocycles. The van der Waals surface area contributed by atoms with Gasteiger partial charge in [-0.2, -0.15) is 0 Å². The standard InChI is InChI=1S/C16H27NS/c1-12(2)14-6-4-7-15(11-14)17-13(3)10-16-8-5-9-18-16/h5,8-9,12-15,17H,4,6-7,10-11H2,1-3H3. The minimum atomic E-state index is 0.611. The Hall–Kier alpha value is -0.340. The van der Waals surface area contributed by atoms with Crippen LogP contribution in [0.25, 0.3) is 0 Å². The van der Waals surface area contributed by atoms with Crippen LogP contribution < -0.4 is 5.32 Å². The molecule has 0 aromatic carbocycles. The van der Waals surface area contributed by atoms with E-state index >= 15 is 0 Å². The van der Waals surface area contributed by atoms with Gasteiger partial charge in [-0.05, 0) is 49.5 Å². The largest absolute Gasteiger partial charge is 0.311 e. The first kappa shape index (κ1) is 14.1. The van der Waals surface area contributed by atoms with E-state index in [2.05, 4.69) is 43.6 Å². The molecular weight excluding hydrogens is 238 g/mol. The first-order valence-corrected chi connectivity index (χ1v) is 8.31. The zero-order valence-electron chi connectivity index (χ0n) is 12.0. The third-order valence-electron chi connectivity index (χ3n) is 4.27. The molecule has 3 atom stereocenters. The second-order valence-corrected chi connectivity index (χ2v) is 7.25. The van der Waals surface area contributed by atoms with Crippen LogP contribution in [0.5, 0.6) is 0 Å². The summed E-state index contributed by atoms with van der Waals surface area (Å²) in [5, 5.41) is 6.03. The van der Waals surface area contributed by atoms with Gasteiger partial charge in [-0.15, -0.1) is 11.3 Å². The van der Waals surface area contributed by atoms with Gasteiger partial charge in [-0.1, -0.05) is 32.8 Å². The highest BCUT2D eigenvalue weighted by Crippen LogP contribution is 2.30. The predicted octanol–water partition coefficient (Wildman–Crippen LogP) is 4.48. The molecule has 1 heterocycles. The molecule has 2 rings (SSSR count). The lowest BCUT2D eigenvalue weighted by atomic mass is 9.79. The van der Waals surface area contributed by atoms with Gasteiger partial charge in [0.05, 0.1) is 0 Å². The normalized spacial score (nSPS) is 26.4. The van der Waals surface area contributed by atoms with Crippen LogP contribution in [0.3, 0.4) is 0 Å². The van der Waals surface area contributed by atoms with Crippen LogP contribution in [0.1, 0.15) is 51.3 Å². The summed E-state index contributed by atoms with van der Waals surface area (Å²) in [6, 6.07) is 5.77. The van der Waals surface area contributed by atoms with Crippen LogP contribution in [-0.2, 0) is 6.42 Å². The molecule has 102 valence electrons. The number of hydrogen-bond acceptors (Lipinski definition) is 2. The smallest absolute Gasteiger partial charge is 0.00896 e. The van der Waals surface area contributed by atoms with Crippen LogP contribution in [0.2, 0.25) is 0 Å². The molecule has 0 aliphatic heterocycles. The Balaban J connectivity index is 1.78. The van der Waals surface area contributed by atoms with E-state index in [1.165, 1.54) is 37.0 Å². The Morgan fingerprint density at radius 1 is 1.33 bits per heavy atom. The van der Waals surface area contributed by atoms with Crippen molar-refractivity contribution >= 4 is 11.3 Å². The second kappa shape index (κ2) is 6.72. The second-order valence-electron chi connectivity index (χ2n) is 6.22. The molecule has 1 saturated carbocycles. The summed E-state index contributed by atoms with van der Waals surface area (Å²) in [4.78, 5) is 1.51. The zero-order chi connectivity index (χ0) is 13.0. The highest BCUT2D eigenvalue weighted by atomic mass is 32.1. The lowest BCUT2D eigenvalue weighted by Gasteiger charge is -2.33. The van der Waals surface area contributed by atoms with Crippen LogP contribution in [-0.4, -0.2) is 12.1 Å². The van der Waals surface area contributed by atoms with E-state index in [1.807, 2.05) is 11.3 Å². The third-order valence-corrected chi connectivity index (χ3v) is 5.16. The van der Waals surface area contributed by atoms with E-state index in [1.54, 1.807) is 0 Å². The van der Waals surface area contributed by atoms with E-state index in [0.717, 1.165) is 17.9 Å². The van der Waals surface area contributed by atoms with Crippen molar-refractivity contribution in [2.24, 2.45) is 11.8 Å². The van der Waals surface area contributed by atoms with Crippen molar-refractivity contribution in [3.05, 3.63) is 22.4 Å². The zero-order valence-corrected chi connectivity index (χ0v) is 12.8. The van der Waals surface area contributed by atoms with Crippen LogP contribution >= 0.6 is 11.3 Å². The molecule has 1 fully saturated rings. The maximum atomic E-state index is 3.85.